The Balaban J connectivity index is 1.88. The van der Waals surface area contributed by atoms with Crippen LogP contribution < -0.4 is 20.7 Å². The Labute approximate surface area is 144 Å². The SMILES string of the molecule is C=S(N)(=O)CCNc1nc(N2CCNCC2)nc2c1C(C)CCC2. The number of hydrogen-bond acceptors (Lipinski definition) is 6. The fourth-order valence-electron chi connectivity index (χ4n) is 3.41. The molecule has 0 amide bonds. The van der Waals surface area contributed by atoms with E-state index in [0.717, 1.165) is 56.5 Å². The zero-order chi connectivity index (χ0) is 17.2. The molecule has 1 aromatic rings. The molecule has 3 rings (SSSR count). The van der Waals surface area contributed by atoms with Crippen LogP contribution in [0.25, 0.3) is 0 Å². The van der Waals surface area contributed by atoms with E-state index in [2.05, 4.69) is 28.3 Å². The third-order valence-corrected chi connectivity index (χ3v) is 5.59. The summed E-state index contributed by atoms with van der Waals surface area (Å²) < 4.78 is 11.6. The van der Waals surface area contributed by atoms with Gasteiger partial charge in [0.25, 0.3) is 0 Å². The van der Waals surface area contributed by atoms with Gasteiger partial charge in [0.05, 0.1) is 5.69 Å². The van der Waals surface area contributed by atoms with Gasteiger partial charge in [0.1, 0.15) is 5.82 Å². The molecule has 0 spiro atoms. The van der Waals surface area contributed by atoms with Crippen molar-refractivity contribution in [1.29, 1.82) is 0 Å². The van der Waals surface area contributed by atoms with Crippen molar-refractivity contribution < 1.29 is 4.21 Å². The van der Waals surface area contributed by atoms with E-state index in [9.17, 15) is 4.21 Å². The third-order valence-electron chi connectivity index (χ3n) is 4.70. The van der Waals surface area contributed by atoms with E-state index >= 15 is 0 Å². The molecule has 0 aromatic carbocycles. The molecule has 1 saturated heterocycles. The fourth-order valence-corrected chi connectivity index (χ4v) is 3.86. The molecule has 4 N–H and O–H groups in total. The second-order valence-electron chi connectivity index (χ2n) is 6.76. The molecule has 24 heavy (non-hydrogen) atoms. The molecule has 0 bridgehead atoms. The molecule has 2 heterocycles. The van der Waals surface area contributed by atoms with Gasteiger partial charge in [-0.3, -0.25) is 9.35 Å². The number of anilines is 2. The average molecular weight is 353 g/mol. The summed E-state index contributed by atoms with van der Waals surface area (Å²) in [4.78, 5) is 11.9. The molecule has 1 aromatic heterocycles. The highest BCUT2D eigenvalue weighted by molar-refractivity contribution is 7.98. The Hall–Kier alpha value is -1.38. The van der Waals surface area contributed by atoms with Crippen molar-refractivity contribution in [1.82, 2.24) is 15.3 Å². The van der Waals surface area contributed by atoms with Crippen molar-refractivity contribution in [2.75, 3.05) is 48.7 Å². The summed E-state index contributed by atoms with van der Waals surface area (Å²) >= 11 is 0. The summed E-state index contributed by atoms with van der Waals surface area (Å²) in [5.74, 6) is 5.97. The smallest absolute Gasteiger partial charge is 0.227 e. The lowest BCUT2D eigenvalue weighted by Crippen LogP contribution is -2.44. The molecule has 7 nitrogen and oxygen atoms in total. The van der Waals surface area contributed by atoms with Gasteiger partial charge in [0.2, 0.25) is 5.95 Å². The van der Waals surface area contributed by atoms with Crippen LogP contribution in [-0.2, 0) is 16.1 Å². The van der Waals surface area contributed by atoms with Gasteiger partial charge in [-0.1, -0.05) is 6.92 Å². The van der Waals surface area contributed by atoms with E-state index in [1.807, 2.05) is 0 Å². The van der Waals surface area contributed by atoms with E-state index in [1.165, 1.54) is 12.0 Å². The van der Waals surface area contributed by atoms with Gasteiger partial charge in [-0.05, 0) is 31.1 Å². The number of aromatic nitrogens is 2. The Morgan fingerprint density at radius 1 is 1.42 bits per heavy atom. The Morgan fingerprint density at radius 2 is 2.17 bits per heavy atom. The lowest BCUT2D eigenvalue weighted by atomic mass is 9.87. The van der Waals surface area contributed by atoms with Crippen LogP contribution >= 0.6 is 0 Å². The minimum atomic E-state index is -2.48. The fraction of sp³-hybridized carbons (Fsp3) is 0.688. The maximum atomic E-state index is 11.6. The van der Waals surface area contributed by atoms with Gasteiger partial charge in [-0.2, -0.15) is 4.98 Å². The van der Waals surface area contributed by atoms with E-state index in [-0.39, 0.29) is 0 Å². The standard InChI is InChI=1S/C16H28N6OS/c1-12-4-3-5-13-14(12)15(19-8-11-24(2,17)23)21-16(20-13)22-9-6-18-7-10-22/h12,18H,2-11H2,1H3,(H2,17,23)(H,19,20,21). The van der Waals surface area contributed by atoms with Gasteiger partial charge >= 0.3 is 0 Å². The zero-order valence-corrected chi connectivity index (χ0v) is 15.2. The number of nitrogens with one attached hydrogen (secondary N) is 2. The van der Waals surface area contributed by atoms with Gasteiger partial charge in [-0.15, -0.1) is 0 Å². The normalized spacial score (nSPS) is 23.4. The highest BCUT2D eigenvalue weighted by Gasteiger charge is 2.25. The largest absolute Gasteiger partial charge is 0.369 e. The van der Waals surface area contributed by atoms with Crippen molar-refractivity contribution >= 4 is 27.3 Å². The van der Waals surface area contributed by atoms with E-state index in [1.54, 1.807) is 0 Å². The molecule has 8 heteroatoms. The number of piperazine rings is 1. The molecule has 2 atom stereocenters. The number of aryl methyl sites for hydroxylation is 1. The highest BCUT2D eigenvalue weighted by atomic mass is 32.2. The number of nitrogens with zero attached hydrogens (tertiary/aromatic N) is 3. The molecule has 1 aliphatic heterocycles. The molecule has 0 radical (unpaired) electrons. The van der Waals surface area contributed by atoms with Crippen LogP contribution in [-0.4, -0.2) is 58.5 Å². The van der Waals surface area contributed by atoms with Crippen molar-refractivity contribution in [2.45, 2.75) is 32.1 Å². The molecular weight excluding hydrogens is 324 g/mol. The summed E-state index contributed by atoms with van der Waals surface area (Å²) in [6, 6.07) is 0. The first kappa shape index (κ1) is 17.4. The monoisotopic (exact) mass is 352 g/mol. The van der Waals surface area contributed by atoms with Crippen LogP contribution in [0.15, 0.2) is 0 Å². The Morgan fingerprint density at radius 3 is 2.88 bits per heavy atom. The maximum Gasteiger partial charge on any atom is 0.227 e. The quantitative estimate of drug-likeness (QED) is 0.661. The molecule has 134 valence electrons. The average Bonchev–Trinajstić information content (AvgIpc) is 2.54. The lowest BCUT2D eigenvalue weighted by Gasteiger charge is -2.30. The van der Waals surface area contributed by atoms with Crippen LogP contribution in [0.3, 0.4) is 0 Å². The van der Waals surface area contributed by atoms with Crippen LogP contribution in [0.1, 0.15) is 36.9 Å². The van der Waals surface area contributed by atoms with E-state index in [4.69, 9.17) is 15.1 Å². The Bertz CT molecular complexity index is 684. The summed E-state index contributed by atoms with van der Waals surface area (Å²) in [7, 11) is -2.48. The number of nitrogens with two attached hydrogens (primary N) is 1. The number of rotatable bonds is 5. The summed E-state index contributed by atoms with van der Waals surface area (Å²) in [6.45, 7) is 6.49. The number of fused-ring (bicyclic) bond motifs is 1. The Kier molecular flexibility index (Phi) is 5.27. The lowest BCUT2D eigenvalue weighted by molar-refractivity contribution is 0.560. The maximum absolute atomic E-state index is 11.6. The topological polar surface area (TPSA) is 96.2 Å². The molecule has 1 fully saturated rings. The molecule has 2 aliphatic rings. The van der Waals surface area contributed by atoms with Gasteiger partial charge in [0.15, 0.2) is 0 Å². The van der Waals surface area contributed by atoms with Crippen molar-refractivity contribution in [2.24, 2.45) is 5.14 Å². The van der Waals surface area contributed by atoms with Gasteiger partial charge in [0, 0.05) is 53.7 Å². The van der Waals surface area contributed by atoms with Crippen LogP contribution in [0.2, 0.25) is 0 Å². The second-order valence-corrected chi connectivity index (χ2v) is 8.91. The van der Waals surface area contributed by atoms with Crippen LogP contribution in [0, 0.1) is 0 Å². The molecule has 2 unspecified atom stereocenters. The van der Waals surface area contributed by atoms with E-state index < -0.39 is 9.71 Å². The second kappa shape index (κ2) is 7.25. The molecule has 1 aliphatic carbocycles. The highest BCUT2D eigenvalue weighted by Crippen LogP contribution is 2.35. The first-order valence-corrected chi connectivity index (χ1v) is 10.6. The molecule has 0 saturated carbocycles. The first-order chi connectivity index (χ1) is 11.4. The summed E-state index contributed by atoms with van der Waals surface area (Å²) in [5, 5.41) is 12.2. The minimum Gasteiger partial charge on any atom is -0.369 e. The minimum absolute atomic E-state index is 0.336. The third kappa shape index (κ3) is 4.17. The van der Waals surface area contributed by atoms with Gasteiger partial charge < -0.3 is 15.5 Å². The van der Waals surface area contributed by atoms with Crippen molar-refractivity contribution in [3.8, 4) is 0 Å². The van der Waals surface area contributed by atoms with Gasteiger partial charge in [-0.25, -0.2) is 4.98 Å². The summed E-state index contributed by atoms with van der Waals surface area (Å²) in [5.41, 5.74) is 2.37. The zero-order valence-electron chi connectivity index (χ0n) is 14.4. The molecular formula is C16H28N6OS. The first-order valence-electron chi connectivity index (χ1n) is 8.67. The predicted molar refractivity (Wildman–Crippen MR) is 101 cm³/mol. The van der Waals surface area contributed by atoms with Crippen LogP contribution in [0.5, 0.6) is 0 Å². The summed E-state index contributed by atoms with van der Waals surface area (Å²) in [6.07, 6.45) is 3.32. The predicted octanol–water partition coefficient (Wildman–Crippen LogP) is 0.328. The van der Waals surface area contributed by atoms with Crippen molar-refractivity contribution in [3.05, 3.63) is 11.3 Å². The van der Waals surface area contributed by atoms with Crippen molar-refractivity contribution in [3.63, 3.8) is 0 Å². The van der Waals surface area contributed by atoms with Crippen LogP contribution in [0.4, 0.5) is 11.8 Å². The number of hydrogen-bond donors (Lipinski definition) is 3. The van der Waals surface area contributed by atoms with E-state index in [0.29, 0.717) is 18.2 Å².